The van der Waals surface area contributed by atoms with Crippen molar-refractivity contribution >= 4 is 5.97 Å². The van der Waals surface area contributed by atoms with Crippen molar-refractivity contribution in [3.63, 3.8) is 0 Å². The molecule has 0 aliphatic carbocycles. The van der Waals surface area contributed by atoms with E-state index in [2.05, 4.69) is 13.8 Å². The fourth-order valence-electron chi connectivity index (χ4n) is 3.36. The van der Waals surface area contributed by atoms with Gasteiger partial charge in [0.25, 0.3) is 0 Å². The molecule has 140 valence electrons. The van der Waals surface area contributed by atoms with Gasteiger partial charge >= 0.3 is 5.97 Å². The lowest BCUT2D eigenvalue weighted by atomic mass is 9.69. The summed E-state index contributed by atoms with van der Waals surface area (Å²) in [6, 6.07) is 14.0. The number of hydrogen-bond acceptors (Lipinski definition) is 4. The second-order valence-electron chi connectivity index (χ2n) is 6.68. The molecule has 0 spiro atoms. The SMILES string of the molecule is CCCCOC(=O)CC(CCC)(c1ccc(O)cc1)c1ccc(O)cc1. The van der Waals surface area contributed by atoms with Crippen LogP contribution in [0.15, 0.2) is 48.5 Å². The third-order valence-electron chi connectivity index (χ3n) is 4.72. The van der Waals surface area contributed by atoms with Crippen LogP contribution in [0.5, 0.6) is 11.5 Å². The first kappa shape index (κ1) is 19.8. The molecule has 0 amide bonds. The van der Waals surface area contributed by atoms with Gasteiger partial charge in [0.05, 0.1) is 13.0 Å². The molecule has 2 aromatic carbocycles. The molecule has 0 unspecified atom stereocenters. The van der Waals surface area contributed by atoms with Crippen molar-refractivity contribution < 1.29 is 19.7 Å². The molecule has 2 aromatic rings. The van der Waals surface area contributed by atoms with Gasteiger partial charge in [-0.05, 0) is 48.2 Å². The Kier molecular flexibility index (Phi) is 7.07. The van der Waals surface area contributed by atoms with E-state index in [0.29, 0.717) is 6.61 Å². The molecular formula is C22H28O4. The zero-order chi connectivity index (χ0) is 19.0. The molecule has 0 bridgehead atoms. The van der Waals surface area contributed by atoms with E-state index in [1.807, 2.05) is 24.3 Å². The largest absolute Gasteiger partial charge is 0.508 e. The second kappa shape index (κ2) is 9.27. The number of rotatable bonds is 9. The standard InChI is InChI=1S/C22H28O4/c1-3-5-15-26-21(25)16-22(14-4-2,17-6-10-19(23)11-7-17)18-8-12-20(24)13-9-18/h6-13,23-24H,3-5,14-16H2,1-2H3. The van der Waals surface area contributed by atoms with Crippen LogP contribution in [0.1, 0.15) is 57.1 Å². The molecule has 0 fully saturated rings. The quantitative estimate of drug-likeness (QED) is 0.494. The van der Waals surface area contributed by atoms with Gasteiger partial charge in [-0.1, -0.05) is 51.0 Å². The molecule has 0 heterocycles. The number of hydrogen-bond donors (Lipinski definition) is 2. The maximum Gasteiger partial charge on any atom is 0.307 e. The topological polar surface area (TPSA) is 66.8 Å². The summed E-state index contributed by atoms with van der Waals surface area (Å²) >= 11 is 0. The van der Waals surface area contributed by atoms with Crippen LogP contribution in [0, 0.1) is 0 Å². The molecule has 0 radical (unpaired) electrons. The Labute approximate surface area is 155 Å². The predicted octanol–water partition coefficient (Wildman–Crippen LogP) is 4.92. The van der Waals surface area contributed by atoms with E-state index in [9.17, 15) is 15.0 Å². The highest BCUT2D eigenvalue weighted by molar-refractivity contribution is 5.73. The van der Waals surface area contributed by atoms with Crippen molar-refractivity contribution in [1.29, 1.82) is 0 Å². The first-order valence-electron chi connectivity index (χ1n) is 9.26. The molecule has 0 aliphatic heterocycles. The third-order valence-corrected chi connectivity index (χ3v) is 4.72. The van der Waals surface area contributed by atoms with E-state index in [-0.39, 0.29) is 23.9 Å². The molecule has 4 nitrogen and oxygen atoms in total. The minimum atomic E-state index is -0.556. The van der Waals surface area contributed by atoms with E-state index in [4.69, 9.17) is 4.74 Å². The Balaban J connectivity index is 2.44. The molecule has 4 heteroatoms. The van der Waals surface area contributed by atoms with Crippen LogP contribution in [0.4, 0.5) is 0 Å². The average molecular weight is 356 g/mol. The number of unbranched alkanes of at least 4 members (excludes halogenated alkanes) is 1. The van der Waals surface area contributed by atoms with Crippen molar-refractivity contribution in [2.45, 2.75) is 51.4 Å². The Morgan fingerprint density at radius 2 is 1.38 bits per heavy atom. The van der Waals surface area contributed by atoms with Gasteiger partial charge in [0, 0.05) is 5.41 Å². The van der Waals surface area contributed by atoms with E-state index in [0.717, 1.165) is 36.8 Å². The zero-order valence-electron chi connectivity index (χ0n) is 15.6. The van der Waals surface area contributed by atoms with Crippen molar-refractivity contribution in [3.05, 3.63) is 59.7 Å². The summed E-state index contributed by atoms with van der Waals surface area (Å²) in [6.07, 6.45) is 3.68. The van der Waals surface area contributed by atoms with Crippen LogP contribution in [0.3, 0.4) is 0 Å². The Hall–Kier alpha value is -2.49. The maximum atomic E-state index is 12.6. The summed E-state index contributed by atoms with van der Waals surface area (Å²) in [5.74, 6) is 0.152. The van der Waals surface area contributed by atoms with Gasteiger partial charge in [-0.3, -0.25) is 4.79 Å². The van der Waals surface area contributed by atoms with Crippen LogP contribution < -0.4 is 0 Å². The van der Waals surface area contributed by atoms with E-state index in [1.54, 1.807) is 24.3 Å². The lowest BCUT2D eigenvalue weighted by Gasteiger charge is -2.34. The molecule has 2 rings (SSSR count). The minimum absolute atomic E-state index is 0.190. The van der Waals surface area contributed by atoms with Crippen LogP contribution in [0.25, 0.3) is 0 Å². The van der Waals surface area contributed by atoms with Crippen molar-refractivity contribution in [1.82, 2.24) is 0 Å². The lowest BCUT2D eigenvalue weighted by molar-refractivity contribution is -0.145. The minimum Gasteiger partial charge on any atom is -0.508 e. The zero-order valence-corrected chi connectivity index (χ0v) is 15.6. The molecular weight excluding hydrogens is 328 g/mol. The monoisotopic (exact) mass is 356 g/mol. The van der Waals surface area contributed by atoms with Gasteiger partial charge in [-0.25, -0.2) is 0 Å². The van der Waals surface area contributed by atoms with E-state index >= 15 is 0 Å². The normalized spacial score (nSPS) is 11.3. The molecule has 0 atom stereocenters. The summed E-state index contributed by atoms with van der Waals surface area (Å²) in [5, 5.41) is 19.3. The molecule has 0 aliphatic rings. The number of esters is 1. The van der Waals surface area contributed by atoms with Crippen LogP contribution in [-0.4, -0.2) is 22.8 Å². The number of aromatic hydroxyl groups is 2. The summed E-state index contributed by atoms with van der Waals surface area (Å²) in [5.41, 5.74) is 1.35. The summed E-state index contributed by atoms with van der Waals surface area (Å²) in [6.45, 7) is 4.57. The van der Waals surface area contributed by atoms with Crippen molar-refractivity contribution in [2.24, 2.45) is 0 Å². The lowest BCUT2D eigenvalue weighted by Crippen LogP contribution is -2.31. The molecule has 0 aromatic heterocycles. The van der Waals surface area contributed by atoms with Gasteiger partial charge in [0.2, 0.25) is 0 Å². The fourth-order valence-corrected chi connectivity index (χ4v) is 3.36. The molecule has 2 N–H and O–H groups in total. The Bertz CT molecular complexity index is 644. The number of phenolic OH excluding ortho intramolecular Hbond substituents is 2. The maximum absolute atomic E-state index is 12.6. The Morgan fingerprint density at radius 1 is 0.885 bits per heavy atom. The van der Waals surface area contributed by atoms with Crippen LogP contribution in [0.2, 0.25) is 0 Å². The van der Waals surface area contributed by atoms with Gasteiger partial charge in [0.15, 0.2) is 0 Å². The Morgan fingerprint density at radius 3 is 1.81 bits per heavy atom. The van der Waals surface area contributed by atoms with Gasteiger partial charge in [-0.2, -0.15) is 0 Å². The van der Waals surface area contributed by atoms with E-state index in [1.165, 1.54) is 0 Å². The number of phenols is 2. The first-order valence-corrected chi connectivity index (χ1v) is 9.26. The fraction of sp³-hybridized carbons (Fsp3) is 0.409. The smallest absolute Gasteiger partial charge is 0.307 e. The van der Waals surface area contributed by atoms with Gasteiger partial charge < -0.3 is 14.9 Å². The molecule has 0 saturated heterocycles. The molecule has 26 heavy (non-hydrogen) atoms. The summed E-state index contributed by atoms with van der Waals surface area (Å²) in [7, 11) is 0. The average Bonchev–Trinajstić information content (AvgIpc) is 2.63. The number of carbonyl (C=O) groups excluding carboxylic acids is 1. The summed E-state index contributed by atoms with van der Waals surface area (Å²) in [4.78, 5) is 12.6. The van der Waals surface area contributed by atoms with Crippen molar-refractivity contribution in [3.8, 4) is 11.5 Å². The summed E-state index contributed by atoms with van der Waals surface area (Å²) < 4.78 is 5.44. The second-order valence-corrected chi connectivity index (χ2v) is 6.68. The number of carbonyl (C=O) groups is 1. The highest BCUT2D eigenvalue weighted by Crippen LogP contribution is 2.41. The van der Waals surface area contributed by atoms with E-state index < -0.39 is 5.41 Å². The van der Waals surface area contributed by atoms with Crippen LogP contribution >= 0.6 is 0 Å². The molecule has 0 saturated carbocycles. The number of ether oxygens (including phenoxy) is 1. The predicted molar refractivity (Wildman–Crippen MR) is 102 cm³/mol. The third kappa shape index (κ3) is 4.78. The highest BCUT2D eigenvalue weighted by Gasteiger charge is 2.36. The van der Waals surface area contributed by atoms with Gasteiger partial charge in [-0.15, -0.1) is 0 Å². The van der Waals surface area contributed by atoms with Crippen molar-refractivity contribution in [2.75, 3.05) is 6.61 Å². The number of benzene rings is 2. The highest BCUT2D eigenvalue weighted by atomic mass is 16.5. The van der Waals surface area contributed by atoms with Crippen LogP contribution in [-0.2, 0) is 14.9 Å². The van der Waals surface area contributed by atoms with Gasteiger partial charge in [0.1, 0.15) is 11.5 Å². The first-order chi connectivity index (χ1) is 12.5.